The SMILES string of the molecule is CC[C@H](C)c1ccc(NC(=O)c2ccc(OC)c([N+](=O)[O-])c2)cc1. The molecule has 0 aliphatic rings. The molecule has 0 unspecified atom stereocenters. The summed E-state index contributed by atoms with van der Waals surface area (Å²) < 4.78 is 4.93. The van der Waals surface area contributed by atoms with E-state index in [1.165, 1.54) is 30.9 Å². The van der Waals surface area contributed by atoms with Crippen LogP contribution in [0, 0.1) is 10.1 Å². The molecule has 1 N–H and O–H groups in total. The summed E-state index contributed by atoms with van der Waals surface area (Å²) in [5.74, 6) is 0.172. The van der Waals surface area contributed by atoms with E-state index in [0.29, 0.717) is 11.6 Å². The van der Waals surface area contributed by atoms with Gasteiger partial charge in [-0.05, 0) is 42.2 Å². The summed E-state index contributed by atoms with van der Waals surface area (Å²) >= 11 is 0. The van der Waals surface area contributed by atoms with Crippen LogP contribution in [0.5, 0.6) is 5.75 Å². The second-order valence-electron chi connectivity index (χ2n) is 5.53. The number of amides is 1. The number of carbonyl (C=O) groups excluding carboxylic acids is 1. The lowest BCUT2D eigenvalue weighted by Gasteiger charge is -2.11. The van der Waals surface area contributed by atoms with Gasteiger partial charge in [-0.3, -0.25) is 14.9 Å². The Bertz CT molecular complexity index is 741. The van der Waals surface area contributed by atoms with E-state index in [1.807, 2.05) is 24.3 Å². The van der Waals surface area contributed by atoms with Crippen molar-refractivity contribution in [2.45, 2.75) is 26.2 Å². The van der Waals surface area contributed by atoms with Crippen LogP contribution in [0.15, 0.2) is 42.5 Å². The number of carbonyl (C=O) groups is 1. The molecule has 0 saturated heterocycles. The van der Waals surface area contributed by atoms with Crippen LogP contribution in [0.25, 0.3) is 0 Å². The van der Waals surface area contributed by atoms with Gasteiger partial charge in [0.25, 0.3) is 5.91 Å². The zero-order valence-corrected chi connectivity index (χ0v) is 13.9. The van der Waals surface area contributed by atoms with Crippen LogP contribution in [0.1, 0.15) is 42.1 Å². The van der Waals surface area contributed by atoms with Crippen LogP contribution < -0.4 is 10.1 Å². The normalized spacial score (nSPS) is 11.6. The Balaban J connectivity index is 2.18. The third-order valence-corrected chi connectivity index (χ3v) is 3.99. The molecule has 6 heteroatoms. The lowest BCUT2D eigenvalue weighted by Crippen LogP contribution is -2.12. The fraction of sp³-hybridized carbons (Fsp3) is 0.278. The van der Waals surface area contributed by atoms with Crippen LogP contribution in [-0.4, -0.2) is 17.9 Å². The molecule has 0 heterocycles. The van der Waals surface area contributed by atoms with Gasteiger partial charge >= 0.3 is 5.69 Å². The van der Waals surface area contributed by atoms with Crippen molar-refractivity contribution >= 4 is 17.3 Å². The van der Waals surface area contributed by atoms with Crippen LogP contribution in [0.2, 0.25) is 0 Å². The molecule has 2 rings (SSSR count). The van der Waals surface area contributed by atoms with Crippen LogP contribution in [-0.2, 0) is 0 Å². The minimum Gasteiger partial charge on any atom is -0.490 e. The Morgan fingerprint density at radius 2 is 1.92 bits per heavy atom. The molecule has 1 amide bonds. The molecule has 126 valence electrons. The number of nitrogens with zero attached hydrogens (tertiary/aromatic N) is 1. The van der Waals surface area contributed by atoms with Gasteiger partial charge in [0.15, 0.2) is 5.75 Å². The maximum atomic E-state index is 12.3. The van der Waals surface area contributed by atoms with Gasteiger partial charge in [0.05, 0.1) is 12.0 Å². The first-order chi connectivity index (χ1) is 11.5. The number of hydrogen-bond donors (Lipinski definition) is 1. The highest BCUT2D eigenvalue weighted by atomic mass is 16.6. The molecule has 2 aromatic carbocycles. The van der Waals surface area contributed by atoms with Crippen molar-refractivity contribution in [3.05, 3.63) is 63.7 Å². The second kappa shape index (κ2) is 7.59. The number of nitro benzene ring substituents is 1. The number of rotatable bonds is 6. The van der Waals surface area contributed by atoms with E-state index in [1.54, 1.807) is 0 Å². The van der Waals surface area contributed by atoms with E-state index in [-0.39, 0.29) is 17.0 Å². The Morgan fingerprint density at radius 3 is 2.46 bits per heavy atom. The number of hydrogen-bond acceptors (Lipinski definition) is 4. The van der Waals surface area contributed by atoms with E-state index >= 15 is 0 Å². The van der Waals surface area contributed by atoms with E-state index in [0.717, 1.165) is 6.42 Å². The molecule has 0 bridgehead atoms. The van der Waals surface area contributed by atoms with Crippen molar-refractivity contribution in [3.63, 3.8) is 0 Å². The third kappa shape index (κ3) is 3.90. The average Bonchev–Trinajstić information content (AvgIpc) is 2.60. The van der Waals surface area contributed by atoms with Crippen LogP contribution >= 0.6 is 0 Å². The van der Waals surface area contributed by atoms with Gasteiger partial charge in [-0.25, -0.2) is 0 Å². The second-order valence-corrected chi connectivity index (χ2v) is 5.53. The Morgan fingerprint density at radius 1 is 1.25 bits per heavy atom. The fourth-order valence-electron chi connectivity index (χ4n) is 2.31. The smallest absolute Gasteiger partial charge is 0.311 e. The summed E-state index contributed by atoms with van der Waals surface area (Å²) in [7, 11) is 1.35. The lowest BCUT2D eigenvalue weighted by molar-refractivity contribution is -0.385. The summed E-state index contributed by atoms with van der Waals surface area (Å²) in [5.41, 5.74) is 1.81. The Labute approximate surface area is 140 Å². The molecule has 0 saturated carbocycles. The van der Waals surface area contributed by atoms with Gasteiger partial charge in [-0.2, -0.15) is 0 Å². The Kier molecular flexibility index (Phi) is 5.52. The van der Waals surface area contributed by atoms with Crippen LogP contribution in [0.3, 0.4) is 0 Å². The first-order valence-electron chi connectivity index (χ1n) is 7.70. The highest BCUT2D eigenvalue weighted by molar-refractivity contribution is 6.04. The molecular weight excluding hydrogens is 308 g/mol. The molecule has 0 radical (unpaired) electrons. The van der Waals surface area contributed by atoms with Crippen molar-refractivity contribution < 1.29 is 14.5 Å². The standard InChI is InChI=1S/C18H20N2O4/c1-4-12(2)13-5-8-15(9-6-13)19-18(21)14-7-10-17(24-3)16(11-14)20(22)23/h5-12H,4H2,1-3H3,(H,19,21)/t12-/m0/s1. The highest BCUT2D eigenvalue weighted by Gasteiger charge is 2.18. The van der Waals surface area contributed by atoms with Gasteiger partial charge in [0.2, 0.25) is 0 Å². The first kappa shape index (κ1) is 17.5. The average molecular weight is 328 g/mol. The maximum absolute atomic E-state index is 12.3. The molecule has 24 heavy (non-hydrogen) atoms. The minimum absolute atomic E-state index is 0.120. The minimum atomic E-state index is -0.573. The highest BCUT2D eigenvalue weighted by Crippen LogP contribution is 2.28. The zero-order chi connectivity index (χ0) is 17.7. The first-order valence-corrected chi connectivity index (χ1v) is 7.70. The number of ether oxygens (including phenoxy) is 1. The summed E-state index contributed by atoms with van der Waals surface area (Å²) in [4.78, 5) is 22.8. The largest absolute Gasteiger partial charge is 0.490 e. The molecule has 0 fully saturated rings. The van der Waals surface area contributed by atoms with E-state index in [2.05, 4.69) is 19.2 Å². The van der Waals surface area contributed by atoms with Crippen LogP contribution in [0.4, 0.5) is 11.4 Å². The number of nitro groups is 1. The van der Waals surface area contributed by atoms with Crippen molar-refractivity contribution in [1.82, 2.24) is 0 Å². The number of anilines is 1. The number of benzene rings is 2. The zero-order valence-electron chi connectivity index (χ0n) is 13.9. The maximum Gasteiger partial charge on any atom is 0.311 e. The van der Waals surface area contributed by atoms with Crippen molar-refractivity contribution in [2.75, 3.05) is 12.4 Å². The van der Waals surface area contributed by atoms with Gasteiger partial charge < -0.3 is 10.1 Å². The molecule has 0 aromatic heterocycles. The molecule has 2 aromatic rings. The molecule has 0 aliphatic carbocycles. The van der Waals surface area contributed by atoms with Crippen molar-refractivity contribution in [3.8, 4) is 5.75 Å². The van der Waals surface area contributed by atoms with Crippen molar-refractivity contribution in [2.24, 2.45) is 0 Å². The number of nitrogens with one attached hydrogen (secondary N) is 1. The van der Waals surface area contributed by atoms with E-state index < -0.39 is 10.8 Å². The Hall–Kier alpha value is -2.89. The fourth-order valence-corrected chi connectivity index (χ4v) is 2.31. The summed E-state index contributed by atoms with van der Waals surface area (Å²) in [6.45, 7) is 4.26. The summed E-state index contributed by atoms with van der Waals surface area (Å²) in [6, 6.07) is 11.7. The molecule has 6 nitrogen and oxygen atoms in total. The molecule has 1 atom stereocenters. The number of methoxy groups -OCH3 is 1. The van der Waals surface area contributed by atoms with Gasteiger partial charge in [-0.15, -0.1) is 0 Å². The molecular formula is C18H20N2O4. The topological polar surface area (TPSA) is 81.5 Å². The van der Waals surface area contributed by atoms with E-state index in [4.69, 9.17) is 4.74 Å². The predicted octanol–water partition coefficient (Wildman–Crippen LogP) is 4.37. The summed E-state index contributed by atoms with van der Waals surface area (Å²) in [5, 5.41) is 13.8. The lowest BCUT2D eigenvalue weighted by atomic mass is 9.98. The quantitative estimate of drug-likeness (QED) is 0.630. The molecule has 0 spiro atoms. The van der Waals surface area contributed by atoms with Gasteiger partial charge in [0, 0.05) is 17.3 Å². The summed E-state index contributed by atoms with van der Waals surface area (Å²) in [6.07, 6.45) is 1.04. The van der Waals surface area contributed by atoms with Gasteiger partial charge in [-0.1, -0.05) is 26.0 Å². The van der Waals surface area contributed by atoms with Gasteiger partial charge in [0.1, 0.15) is 0 Å². The predicted molar refractivity (Wildman–Crippen MR) is 92.7 cm³/mol. The monoisotopic (exact) mass is 328 g/mol. The molecule has 0 aliphatic heterocycles. The van der Waals surface area contributed by atoms with E-state index in [9.17, 15) is 14.9 Å². The third-order valence-electron chi connectivity index (χ3n) is 3.99. The van der Waals surface area contributed by atoms with Crippen molar-refractivity contribution in [1.29, 1.82) is 0 Å².